The number of anilines is 2. The Morgan fingerprint density at radius 3 is 2.42 bits per heavy atom. The van der Waals surface area contributed by atoms with E-state index in [0.29, 0.717) is 24.3 Å². The molecular weight excluding hydrogens is 450 g/mol. The minimum absolute atomic E-state index is 0.194. The first-order chi connectivity index (χ1) is 17.6. The third-order valence-electron chi connectivity index (χ3n) is 6.09. The second-order valence-corrected chi connectivity index (χ2v) is 8.42. The molecular formula is C29H21N5O2. The van der Waals surface area contributed by atoms with Crippen molar-refractivity contribution in [3.05, 3.63) is 113 Å². The Bertz CT molecular complexity index is 1540. The van der Waals surface area contributed by atoms with Gasteiger partial charge in [-0.15, -0.1) is 6.42 Å². The Balaban J connectivity index is 1.33. The molecule has 174 valence electrons. The van der Waals surface area contributed by atoms with Crippen LogP contribution in [0.5, 0.6) is 0 Å². The Morgan fingerprint density at radius 2 is 1.72 bits per heavy atom. The van der Waals surface area contributed by atoms with E-state index < -0.39 is 5.91 Å². The number of hydrogen-bond acceptors (Lipinski definition) is 4. The van der Waals surface area contributed by atoms with Crippen LogP contribution < -0.4 is 10.2 Å². The lowest BCUT2D eigenvalue weighted by molar-refractivity contribution is 0.0947. The summed E-state index contributed by atoms with van der Waals surface area (Å²) in [6.07, 6.45) is 7.59. The van der Waals surface area contributed by atoms with Crippen LogP contribution >= 0.6 is 0 Å². The number of aromatic nitrogens is 2. The lowest BCUT2D eigenvalue weighted by Crippen LogP contribution is -2.41. The molecule has 2 heterocycles. The Kier molecular flexibility index (Phi) is 6.05. The molecule has 0 spiro atoms. The molecule has 0 fully saturated rings. The van der Waals surface area contributed by atoms with Gasteiger partial charge in [-0.1, -0.05) is 36.3 Å². The van der Waals surface area contributed by atoms with Gasteiger partial charge in [-0.3, -0.25) is 14.3 Å². The van der Waals surface area contributed by atoms with E-state index >= 15 is 0 Å². The fourth-order valence-corrected chi connectivity index (χ4v) is 4.23. The van der Waals surface area contributed by atoms with E-state index in [9.17, 15) is 9.59 Å². The number of amides is 2. The van der Waals surface area contributed by atoms with E-state index in [1.54, 1.807) is 33.8 Å². The van der Waals surface area contributed by atoms with Gasteiger partial charge in [0.25, 0.3) is 11.8 Å². The van der Waals surface area contributed by atoms with Crippen LogP contribution in [0.25, 0.3) is 0 Å². The first kappa shape index (κ1) is 22.6. The highest BCUT2D eigenvalue weighted by Gasteiger charge is 2.32. The van der Waals surface area contributed by atoms with Crippen LogP contribution in [-0.4, -0.2) is 28.1 Å². The molecule has 2 amide bonds. The molecule has 1 aromatic heterocycles. The summed E-state index contributed by atoms with van der Waals surface area (Å²) in [6.45, 7) is 0.924. The summed E-state index contributed by atoms with van der Waals surface area (Å²) in [6, 6.07) is 24.4. The number of carbonyl (C=O) groups excluding carboxylic acids is 2. The van der Waals surface area contributed by atoms with Gasteiger partial charge in [0, 0.05) is 23.5 Å². The van der Waals surface area contributed by atoms with Gasteiger partial charge in [0.05, 0.1) is 29.9 Å². The van der Waals surface area contributed by atoms with Crippen molar-refractivity contribution in [2.24, 2.45) is 0 Å². The molecule has 1 aliphatic rings. The van der Waals surface area contributed by atoms with E-state index in [0.717, 1.165) is 28.8 Å². The second-order valence-electron chi connectivity index (χ2n) is 8.42. The maximum atomic E-state index is 13.4. The van der Waals surface area contributed by atoms with Crippen LogP contribution in [0.1, 0.15) is 43.1 Å². The van der Waals surface area contributed by atoms with Crippen molar-refractivity contribution in [1.29, 1.82) is 5.26 Å². The summed E-state index contributed by atoms with van der Waals surface area (Å²) < 4.78 is 1.56. The van der Waals surface area contributed by atoms with Crippen LogP contribution in [0, 0.1) is 23.7 Å². The molecule has 0 saturated heterocycles. The maximum absolute atomic E-state index is 13.4. The molecule has 0 saturated carbocycles. The maximum Gasteiger partial charge on any atom is 0.277 e. The topological polar surface area (TPSA) is 91.0 Å². The molecule has 3 aromatic carbocycles. The van der Waals surface area contributed by atoms with E-state index in [1.165, 1.54) is 6.20 Å². The third kappa shape index (κ3) is 4.46. The van der Waals surface area contributed by atoms with E-state index in [2.05, 4.69) is 16.3 Å². The molecule has 1 aliphatic heterocycles. The first-order valence-electron chi connectivity index (χ1n) is 11.4. The van der Waals surface area contributed by atoms with E-state index in [4.69, 9.17) is 11.7 Å². The van der Waals surface area contributed by atoms with Crippen molar-refractivity contribution >= 4 is 23.2 Å². The number of nitrogens with one attached hydrogen (secondary N) is 1. The average Bonchev–Trinajstić information content (AvgIpc) is 3.35. The van der Waals surface area contributed by atoms with E-state index in [-0.39, 0.29) is 17.2 Å². The zero-order valence-electron chi connectivity index (χ0n) is 19.3. The standard InChI is InChI=1S/C29H21N5O2/c1-2-20-6-8-21(9-7-20)16-22-10-12-25(13-11-22)33-14-15-34-27(29(33)36)26(19-31-34)28(35)32-24-5-3-4-23(17-24)18-30/h1,3-13,17,19H,14-16H2,(H,32,35). The Hall–Kier alpha value is -5.14. The molecule has 7 heteroatoms. The van der Waals surface area contributed by atoms with Crippen LogP contribution in [0.4, 0.5) is 11.4 Å². The largest absolute Gasteiger partial charge is 0.322 e. The van der Waals surface area contributed by atoms with Crippen molar-refractivity contribution in [3.63, 3.8) is 0 Å². The molecule has 4 aromatic rings. The van der Waals surface area contributed by atoms with Gasteiger partial charge < -0.3 is 10.2 Å². The first-order valence-corrected chi connectivity index (χ1v) is 11.4. The molecule has 0 aliphatic carbocycles. The van der Waals surface area contributed by atoms with Crippen molar-refractivity contribution in [1.82, 2.24) is 9.78 Å². The van der Waals surface area contributed by atoms with Gasteiger partial charge in [0.1, 0.15) is 5.69 Å². The van der Waals surface area contributed by atoms with Crippen molar-refractivity contribution in [2.75, 3.05) is 16.8 Å². The summed E-state index contributed by atoms with van der Waals surface area (Å²) >= 11 is 0. The van der Waals surface area contributed by atoms with Crippen LogP contribution in [-0.2, 0) is 13.0 Å². The molecule has 0 radical (unpaired) electrons. The molecule has 5 rings (SSSR count). The number of nitriles is 1. The van der Waals surface area contributed by atoms with Gasteiger partial charge in [-0.2, -0.15) is 10.4 Å². The zero-order chi connectivity index (χ0) is 25.1. The number of terminal acetylenes is 1. The van der Waals surface area contributed by atoms with Crippen LogP contribution in [0.3, 0.4) is 0 Å². The highest BCUT2D eigenvalue weighted by atomic mass is 16.2. The quantitative estimate of drug-likeness (QED) is 0.441. The lowest BCUT2D eigenvalue weighted by atomic mass is 10.0. The monoisotopic (exact) mass is 471 g/mol. The number of hydrogen-bond donors (Lipinski definition) is 1. The summed E-state index contributed by atoms with van der Waals surface area (Å²) in [4.78, 5) is 28.0. The van der Waals surface area contributed by atoms with Crippen molar-refractivity contribution in [3.8, 4) is 18.4 Å². The van der Waals surface area contributed by atoms with Crippen molar-refractivity contribution < 1.29 is 9.59 Å². The highest BCUT2D eigenvalue weighted by molar-refractivity contribution is 6.15. The highest BCUT2D eigenvalue weighted by Crippen LogP contribution is 2.25. The second kappa shape index (κ2) is 9.61. The van der Waals surface area contributed by atoms with Gasteiger partial charge in [0.15, 0.2) is 0 Å². The minimum Gasteiger partial charge on any atom is -0.322 e. The number of rotatable bonds is 5. The lowest BCUT2D eigenvalue weighted by Gasteiger charge is -2.28. The van der Waals surface area contributed by atoms with Crippen molar-refractivity contribution in [2.45, 2.75) is 13.0 Å². The average molecular weight is 472 g/mol. The number of fused-ring (bicyclic) bond motifs is 1. The Labute approximate surface area is 208 Å². The summed E-state index contributed by atoms with van der Waals surface area (Å²) in [5.41, 5.74) is 5.21. The minimum atomic E-state index is -0.451. The zero-order valence-corrected chi connectivity index (χ0v) is 19.3. The fraction of sp³-hybridized carbons (Fsp3) is 0.103. The van der Waals surface area contributed by atoms with Crippen LogP contribution in [0.15, 0.2) is 79.0 Å². The third-order valence-corrected chi connectivity index (χ3v) is 6.09. The summed E-state index contributed by atoms with van der Waals surface area (Å²) in [7, 11) is 0. The molecule has 0 bridgehead atoms. The number of carbonyl (C=O) groups is 2. The van der Waals surface area contributed by atoms with Gasteiger partial charge in [0.2, 0.25) is 0 Å². The number of nitrogens with zero attached hydrogens (tertiary/aromatic N) is 4. The molecule has 7 nitrogen and oxygen atoms in total. The van der Waals surface area contributed by atoms with Crippen LogP contribution in [0.2, 0.25) is 0 Å². The van der Waals surface area contributed by atoms with Gasteiger partial charge >= 0.3 is 0 Å². The fourth-order valence-electron chi connectivity index (χ4n) is 4.23. The molecule has 1 N–H and O–H groups in total. The smallest absolute Gasteiger partial charge is 0.277 e. The molecule has 0 atom stereocenters. The molecule has 36 heavy (non-hydrogen) atoms. The SMILES string of the molecule is C#Cc1ccc(Cc2ccc(N3CCn4ncc(C(=O)Nc5cccc(C#N)c5)c4C3=O)cc2)cc1. The van der Waals surface area contributed by atoms with Gasteiger partial charge in [-0.05, 0) is 60.0 Å². The predicted molar refractivity (Wildman–Crippen MR) is 137 cm³/mol. The normalized spacial score (nSPS) is 12.4. The Morgan fingerprint density at radius 1 is 1.00 bits per heavy atom. The van der Waals surface area contributed by atoms with E-state index in [1.807, 2.05) is 54.6 Å². The summed E-state index contributed by atoms with van der Waals surface area (Å²) in [5, 5.41) is 16.1. The van der Waals surface area contributed by atoms with Gasteiger partial charge in [-0.25, -0.2) is 0 Å². The molecule has 0 unspecified atom stereocenters. The summed E-state index contributed by atoms with van der Waals surface area (Å²) in [5.74, 6) is 1.88. The number of benzene rings is 3. The predicted octanol–water partition coefficient (Wildman–Crippen LogP) is 4.24.